The number of aromatic hydroxyl groups is 1. The minimum atomic E-state index is 0.0281. The first-order valence-electron chi connectivity index (χ1n) is 11.2. The standard InChI is InChI=1S/C24H29BrN2O3S/c1-2-30-19-13-15(12-18(25)22(19)28)14-26-24-21(17-10-6-7-11-20(17)31-24)23(29)27-16-8-4-3-5-9-16/h12-14,16,28H,2-11H2,1H3,(H,27,29). The molecule has 2 aliphatic carbocycles. The second-order valence-corrected chi connectivity index (χ2v) is 10.2. The van der Waals surface area contributed by atoms with E-state index in [1.165, 1.54) is 36.1 Å². The van der Waals surface area contributed by atoms with Gasteiger partial charge in [-0.05, 0) is 84.6 Å². The third-order valence-corrected chi connectivity index (χ3v) is 7.81. The Morgan fingerprint density at radius 1 is 1.26 bits per heavy atom. The Balaban J connectivity index is 1.63. The average Bonchev–Trinajstić information content (AvgIpc) is 3.15. The fourth-order valence-corrected chi connectivity index (χ4v) is 6.14. The van der Waals surface area contributed by atoms with Gasteiger partial charge in [-0.1, -0.05) is 19.3 Å². The number of phenols is 1. The van der Waals surface area contributed by atoms with Crippen molar-refractivity contribution in [2.24, 2.45) is 4.99 Å². The summed E-state index contributed by atoms with van der Waals surface area (Å²) in [5.41, 5.74) is 2.76. The molecule has 0 spiro atoms. The predicted octanol–water partition coefficient (Wildman–Crippen LogP) is 6.31. The van der Waals surface area contributed by atoms with Gasteiger partial charge in [0.1, 0.15) is 5.00 Å². The molecule has 2 N–H and O–H groups in total. The highest BCUT2D eigenvalue weighted by Crippen LogP contribution is 2.40. The smallest absolute Gasteiger partial charge is 0.254 e. The monoisotopic (exact) mass is 504 g/mol. The largest absolute Gasteiger partial charge is 0.503 e. The van der Waals surface area contributed by atoms with Crippen LogP contribution in [0.5, 0.6) is 11.5 Å². The molecule has 1 aromatic heterocycles. The minimum Gasteiger partial charge on any atom is -0.503 e. The Labute approximate surface area is 196 Å². The van der Waals surface area contributed by atoms with Gasteiger partial charge < -0.3 is 15.2 Å². The Morgan fingerprint density at radius 3 is 2.81 bits per heavy atom. The molecule has 2 aliphatic rings. The topological polar surface area (TPSA) is 70.9 Å². The number of aryl methyl sites for hydroxylation is 1. The van der Waals surface area contributed by atoms with E-state index in [4.69, 9.17) is 9.73 Å². The molecule has 1 saturated carbocycles. The van der Waals surface area contributed by atoms with E-state index in [2.05, 4.69) is 21.2 Å². The first-order valence-corrected chi connectivity index (χ1v) is 12.8. The lowest BCUT2D eigenvalue weighted by Crippen LogP contribution is -2.36. The van der Waals surface area contributed by atoms with Crippen LogP contribution >= 0.6 is 27.3 Å². The number of fused-ring (bicyclic) bond motifs is 1. The normalized spacial score (nSPS) is 17.0. The van der Waals surface area contributed by atoms with Crippen molar-refractivity contribution in [3.63, 3.8) is 0 Å². The first-order chi connectivity index (χ1) is 15.1. The van der Waals surface area contributed by atoms with Crippen LogP contribution in [0.3, 0.4) is 0 Å². The number of nitrogens with one attached hydrogen (secondary N) is 1. The average molecular weight is 505 g/mol. The predicted molar refractivity (Wildman–Crippen MR) is 130 cm³/mol. The molecule has 166 valence electrons. The van der Waals surface area contributed by atoms with Crippen molar-refractivity contribution in [2.45, 2.75) is 70.8 Å². The summed E-state index contributed by atoms with van der Waals surface area (Å²) >= 11 is 5.02. The molecule has 1 amide bonds. The van der Waals surface area contributed by atoms with Gasteiger partial charge in [0.2, 0.25) is 0 Å². The fraction of sp³-hybridized carbons (Fsp3) is 0.500. The van der Waals surface area contributed by atoms with E-state index in [1.54, 1.807) is 29.7 Å². The zero-order chi connectivity index (χ0) is 21.8. The van der Waals surface area contributed by atoms with Gasteiger partial charge in [-0.15, -0.1) is 11.3 Å². The number of hydrogen-bond acceptors (Lipinski definition) is 5. The second-order valence-electron chi connectivity index (χ2n) is 8.24. The van der Waals surface area contributed by atoms with E-state index < -0.39 is 0 Å². The maximum atomic E-state index is 13.3. The number of carbonyl (C=O) groups is 1. The van der Waals surface area contributed by atoms with E-state index in [0.29, 0.717) is 16.8 Å². The molecule has 2 aromatic rings. The lowest BCUT2D eigenvalue weighted by Gasteiger charge is -2.23. The Hall–Kier alpha value is -1.86. The van der Waals surface area contributed by atoms with Gasteiger partial charge in [0.25, 0.3) is 5.91 Å². The summed E-state index contributed by atoms with van der Waals surface area (Å²) in [5.74, 6) is 0.526. The van der Waals surface area contributed by atoms with Crippen molar-refractivity contribution in [3.8, 4) is 11.5 Å². The van der Waals surface area contributed by atoms with Gasteiger partial charge in [-0.2, -0.15) is 0 Å². The van der Waals surface area contributed by atoms with Gasteiger partial charge >= 0.3 is 0 Å². The first kappa shape index (κ1) is 22.3. The molecule has 0 unspecified atom stereocenters. The zero-order valence-electron chi connectivity index (χ0n) is 17.9. The highest BCUT2D eigenvalue weighted by molar-refractivity contribution is 9.10. The van der Waals surface area contributed by atoms with Crippen LogP contribution in [0.25, 0.3) is 0 Å². The molecule has 31 heavy (non-hydrogen) atoms. The van der Waals surface area contributed by atoms with Gasteiger partial charge in [-0.25, -0.2) is 4.99 Å². The van der Waals surface area contributed by atoms with Crippen LogP contribution in [-0.2, 0) is 12.8 Å². The molecule has 1 heterocycles. The molecule has 0 bridgehead atoms. The van der Waals surface area contributed by atoms with Crippen LogP contribution in [0.4, 0.5) is 5.00 Å². The molecule has 0 aliphatic heterocycles. The second kappa shape index (κ2) is 10.2. The van der Waals surface area contributed by atoms with Gasteiger partial charge in [0.15, 0.2) is 11.5 Å². The summed E-state index contributed by atoms with van der Waals surface area (Å²) in [6.45, 7) is 2.34. The lowest BCUT2D eigenvalue weighted by molar-refractivity contribution is 0.0927. The Morgan fingerprint density at radius 2 is 2.03 bits per heavy atom. The number of amides is 1. The van der Waals surface area contributed by atoms with E-state index in [9.17, 15) is 9.90 Å². The van der Waals surface area contributed by atoms with Gasteiger partial charge in [0.05, 0.1) is 16.6 Å². The van der Waals surface area contributed by atoms with Crippen LogP contribution in [0, 0.1) is 0 Å². The van der Waals surface area contributed by atoms with Gasteiger partial charge in [0, 0.05) is 17.1 Å². The Kier molecular flexibility index (Phi) is 7.33. The SMILES string of the molecule is CCOc1cc(C=Nc2sc3c(c2C(=O)NC2CCCCC2)CCCC3)cc(Br)c1O. The summed E-state index contributed by atoms with van der Waals surface area (Å²) in [6, 6.07) is 3.85. The molecule has 4 rings (SSSR count). The molecule has 7 heteroatoms. The highest BCUT2D eigenvalue weighted by Gasteiger charge is 2.27. The summed E-state index contributed by atoms with van der Waals surface area (Å²) in [4.78, 5) is 19.3. The maximum Gasteiger partial charge on any atom is 0.254 e. The number of benzene rings is 1. The molecule has 0 atom stereocenters. The van der Waals surface area contributed by atoms with E-state index >= 15 is 0 Å². The molecule has 0 radical (unpaired) electrons. The van der Waals surface area contributed by atoms with Crippen LogP contribution in [0.1, 0.15) is 78.2 Å². The van der Waals surface area contributed by atoms with E-state index in [1.807, 2.05) is 6.92 Å². The molecule has 0 saturated heterocycles. The van der Waals surface area contributed by atoms with Gasteiger partial charge in [-0.3, -0.25) is 4.79 Å². The third-order valence-electron chi connectivity index (χ3n) is 6.00. The number of aliphatic imine (C=N–C) groups is 1. The fourth-order valence-electron chi connectivity index (χ4n) is 4.45. The molecule has 1 aromatic carbocycles. The summed E-state index contributed by atoms with van der Waals surface area (Å²) in [6.07, 6.45) is 11.8. The maximum absolute atomic E-state index is 13.3. The van der Waals surface area contributed by atoms with Crippen molar-refractivity contribution >= 4 is 44.4 Å². The minimum absolute atomic E-state index is 0.0281. The van der Waals surface area contributed by atoms with Crippen molar-refractivity contribution in [1.29, 1.82) is 0 Å². The number of rotatable bonds is 6. The highest BCUT2D eigenvalue weighted by atomic mass is 79.9. The van der Waals surface area contributed by atoms with Crippen LogP contribution in [-0.4, -0.2) is 29.9 Å². The molecular formula is C24H29BrN2O3S. The third kappa shape index (κ3) is 5.14. The zero-order valence-corrected chi connectivity index (χ0v) is 20.3. The number of hydrogen-bond donors (Lipinski definition) is 2. The Bertz CT molecular complexity index is 980. The lowest BCUT2D eigenvalue weighted by atomic mass is 9.93. The van der Waals surface area contributed by atoms with Crippen molar-refractivity contribution < 1.29 is 14.6 Å². The quantitative estimate of drug-likeness (QED) is 0.452. The number of ether oxygens (including phenoxy) is 1. The number of nitrogens with zero attached hydrogens (tertiary/aromatic N) is 1. The van der Waals surface area contributed by atoms with Crippen molar-refractivity contribution in [1.82, 2.24) is 5.32 Å². The summed E-state index contributed by atoms with van der Waals surface area (Å²) in [7, 11) is 0. The van der Waals surface area contributed by atoms with Crippen molar-refractivity contribution in [2.75, 3.05) is 6.61 Å². The molecular weight excluding hydrogens is 476 g/mol. The van der Waals surface area contributed by atoms with E-state index in [-0.39, 0.29) is 17.7 Å². The van der Waals surface area contributed by atoms with Crippen molar-refractivity contribution in [3.05, 3.63) is 38.2 Å². The summed E-state index contributed by atoms with van der Waals surface area (Å²) in [5, 5.41) is 14.2. The van der Waals surface area contributed by atoms with E-state index in [0.717, 1.165) is 48.2 Å². The number of carbonyl (C=O) groups excluding carboxylic acids is 1. The van der Waals surface area contributed by atoms with Crippen LogP contribution in [0.2, 0.25) is 0 Å². The van der Waals surface area contributed by atoms with Crippen LogP contribution < -0.4 is 10.1 Å². The summed E-state index contributed by atoms with van der Waals surface area (Å²) < 4.78 is 6.08. The number of halogens is 1. The number of thiophene rings is 1. The molecule has 5 nitrogen and oxygen atoms in total. The molecule has 1 fully saturated rings. The number of phenolic OH excluding ortho intramolecular Hbond substituents is 1. The van der Waals surface area contributed by atoms with Crippen LogP contribution in [0.15, 0.2) is 21.6 Å².